The highest BCUT2D eigenvalue weighted by Crippen LogP contribution is 2.20. The molecule has 0 bridgehead atoms. The quantitative estimate of drug-likeness (QED) is 0.375. The van der Waals surface area contributed by atoms with Gasteiger partial charge in [-0.1, -0.05) is 12.1 Å². The first-order valence-electron chi connectivity index (χ1n) is 9.21. The van der Waals surface area contributed by atoms with Crippen molar-refractivity contribution >= 4 is 29.6 Å². The summed E-state index contributed by atoms with van der Waals surface area (Å²) in [4.78, 5) is 37.3. The number of benzene rings is 2. The summed E-state index contributed by atoms with van der Waals surface area (Å²) in [5.41, 5.74) is 6.94. The maximum Gasteiger partial charge on any atom is 0.262 e. The number of hydrogen-bond acceptors (Lipinski definition) is 5. The monoisotopic (exact) mass is 394 g/mol. The van der Waals surface area contributed by atoms with Crippen molar-refractivity contribution in [2.45, 2.75) is 18.9 Å². The number of rotatable bonds is 7. The van der Waals surface area contributed by atoms with Crippen molar-refractivity contribution in [2.24, 2.45) is 5.73 Å². The third-order valence-electron chi connectivity index (χ3n) is 4.65. The lowest BCUT2D eigenvalue weighted by Gasteiger charge is -2.20. The van der Waals surface area contributed by atoms with E-state index in [1.54, 1.807) is 53.4 Å². The van der Waals surface area contributed by atoms with Gasteiger partial charge in [-0.25, -0.2) is 0 Å². The predicted molar refractivity (Wildman–Crippen MR) is 108 cm³/mol. The molecule has 1 aliphatic rings. The molecule has 1 atom stereocenters. The van der Waals surface area contributed by atoms with Crippen LogP contribution < -0.4 is 15.8 Å². The van der Waals surface area contributed by atoms with Crippen LogP contribution in [0.5, 0.6) is 5.75 Å². The fraction of sp³-hybridized carbons (Fsp3) is 0.238. The van der Waals surface area contributed by atoms with Crippen LogP contribution in [0.15, 0.2) is 48.5 Å². The number of nitrogens with two attached hydrogens (primary N) is 1. The van der Waals surface area contributed by atoms with E-state index in [1.165, 1.54) is 0 Å². The van der Waals surface area contributed by atoms with Crippen molar-refractivity contribution in [2.75, 3.05) is 18.5 Å². The zero-order valence-corrected chi connectivity index (χ0v) is 15.8. The normalized spacial score (nSPS) is 15.6. The molecular formula is C21H22N4O4. The van der Waals surface area contributed by atoms with Gasteiger partial charge in [0.1, 0.15) is 17.9 Å². The Labute approximate surface area is 168 Å². The fourth-order valence-corrected chi connectivity index (χ4v) is 3.15. The van der Waals surface area contributed by atoms with E-state index < -0.39 is 0 Å². The van der Waals surface area contributed by atoms with Crippen LogP contribution in [0.1, 0.15) is 28.8 Å². The summed E-state index contributed by atoms with van der Waals surface area (Å²) in [6.45, 7) is 0.361. The van der Waals surface area contributed by atoms with Gasteiger partial charge in [0.25, 0.3) is 11.8 Å². The molecule has 1 saturated heterocycles. The number of ether oxygens (including phenoxy) is 1. The van der Waals surface area contributed by atoms with Crippen LogP contribution in [0.25, 0.3) is 0 Å². The van der Waals surface area contributed by atoms with E-state index in [-0.39, 0.29) is 30.3 Å². The Balaban J connectivity index is 1.54. The molecule has 1 heterocycles. The van der Waals surface area contributed by atoms with E-state index in [0.717, 1.165) is 12.7 Å². The second-order valence-electron chi connectivity index (χ2n) is 6.70. The number of anilines is 1. The van der Waals surface area contributed by atoms with Gasteiger partial charge in [0.05, 0.1) is 6.04 Å². The van der Waals surface area contributed by atoms with Crippen LogP contribution >= 0.6 is 0 Å². The third-order valence-corrected chi connectivity index (χ3v) is 4.65. The zero-order valence-electron chi connectivity index (χ0n) is 15.8. The molecule has 2 aromatic rings. The number of likely N-dealkylation sites (tertiary alicyclic amines) is 1. The first-order valence-corrected chi connectivity index (χ1v) is 9.21. The smallest absolute Gasteiger partial charge is 0.262 e. The molecule has 150 valence electrons. The molecule has 29 heavy (non-hydrogen) atoms. The number of carbonyl (C=O) groups excluding carboxylic acids is 3. The van der Waals surface area contributed by atoms with Gasteiger partial charge in [0.15, 0.2) is 6.61 Å². The number of nitrogens with zero attached hydrogens (tertiary/aromatic N) is 1. The molecule has 0 aromatic heterocycles. The number of amidine groups is 1. The van der Waals surface area contributed by atoms with E-state index in [2.05, 4.69) is 5.32 Å². The minimum Gasteiger partial charge on any atom is -0.484 e. The minimum absolute atomic E-state index is 0.0806. The number of nitrogen functional groups attached to an aromatic ring is 1. The summed E-state index contributed by atoms with van der Waals surface area (Å²) in [5, 5.41) is 10.1. The highest BCUT2D eigenvalue weighted by atomic mass is 16.5. The molecular weight excluding hydrogens is 372 g/mol. The maximum absolute atomic E-state index is 12.5. The topological polar surface area (TPSA) is 126 Å². The molecule has 8 heteroatoms. The van der Waals surface area contributed by atoms with Crippen molar-refractivity contribution in [3.63, 3.8) is 0 Å². The summed E-state index contributed by atoms with van der Waals surface area (Å²) in [5.74, 6) is -0.198. The first kappa shape index (κ1) is 20.1. The highest BCUT2D eigenvalue weighted by molar-refractivity contribution is 5.97. The van der Waals surface area contributed by atoms with Crippen LogP contribution in [0.2, 0.25) is 0 Å². The average molecular weight is 394 g/mol. The van der Waals surface area contributed by atoms with Crippen LogP contribution in [0.4, 0.5) is 5.69 Å². The van der Waals surface area contributed by atoms with Gasteiger partial charge < -0.3 is 25.5 Å². The molecule has 1 unspecified atom stereocenters. The van der Waals surface area contributed by atoms with Crippen LogP contribution in [0, 0.1) is 5.41 Å². The number of hydrogen-bond donors (Lipinski definition) is 3. The maximum atomic E-state index is 12.5. The van der Waals surface area contributed by atoms with Crippen molar-refractivity contribution < 1.29 is 19.1 Å². The molecule has 4 N–H and O–H groups in total. The van der Waals surface area contributed by atoms with Gasteiger partial charge in [0, 0.05) is 23.4 Å². The molecule has 0 spiro atoms. The van der Waals surface area contributed by atoms with E-state index in [4.69, 9.17) is 15.9 Å². The second-order valence-corrected chi connectivity index (χ2v) is 6.70. The lowest BCUT2D eigenvalue weighted by atomic mass is 10.1. The largest absolute Gasteiger partial charge is 0.484 e. The van der Waals surface area contributed by atoms with Crippen molar-refractivity contribution in [1.82, 2.24) is 4.90 Å². The van der Waals surface area contributed by atoms with Gasteiger partial charge in [-0.05, 0) is 49.2 Å². The molecule has 1 fully saturated rings. The molecule has 0 aliphatic carbocycles. The highest BCUT2D eigenvalue weighted by Gasteiger charge is 2.28. The fourth-order valence-electron chi connectivity index (χ4n) is 3.15. The average Bonchev–Trinajstić information content (AvgIpc) is 3.21. The Kier molecular flexibility index (Phi) is 6.23. The predicted octanol–water partition coefficient (Wildman–Crippen LogP) is 1.79. The molecule has 2 amide bonds. The van der Waals surface area contributed by atoms with E-state index >= 15 is 0 Å². The Morgan fingerprint density at radius 2 is 1.97 bits per heavy atom. The third kappa shape index (κ3) is 4.98. The van der Waals surface area contributed by atoms with Crippen LogP contribution in [0.3, 0.4) is 0 Å². The molecule has 2 aromatic carbocycles. The summed E-state index contributed by atoms with van der Waals surface area (Å²) in [6, 6.07) is 12.8. The van der Waals surface area contributed by atoms with E-state index in [0.29, 0.717) is 35.5 Å². The van der Waals surface area contributed by atoms with Crippen LogP contribution in [-0.4, -0.2) is 48.0 Å². The molecule has 3 rings (SSSR count). The molecule has 1 aliphatic heterocycles. The van der Waals surface area contributed by atoms with Crippen molar-refractivity contribution in [3.8, 4) is 5.75 Å². The van der Waals surface area contributed by atoms with Gasteiger partial charge in [-0.15, -0.1) is 0 Å². The summed E-state index contributed by atoms with van der Waals surface area (Å²) in [7, 11) is 0. The molecule has 8 nitrogen and oxygen atoms in total. The number of carbonyl (C=O) groups is 3. The van der Waals surface area contributed by atoms with Gasteiger partial charge >= 0.3 is 0 Å². The molecule has 0 saturated carbocycles. The lowest BCUT2D eigenvalue weighted by molar-refractivity contribution is -0.118. The SMILES string of the molecule is N=C(N)c1cccc(OCC(=O)Nc2ccc(C(=O)N3CCCC3C=O)cc2)c1. The number of nitrogens with one attached hydrogen (secondary N) is 2. The first-order chi connectivity index (χ1) is 14.0. The standard InChI is InChI=1S/C21H22N4O4/c22-20(23)15-3-1-5-18(11-15)29-13-19(27)24-16-8-6-14(7-9-16)21(28)25-10-2-4-17(25)12-26/h1,3,5-9,11-12,17H,2,4,10,13H2,(H3,22,23)(H,24,27). The van der Waals surface area contributed by atoms with E-state index in [1.807, 2.05) is 0 Å². The van der Waals surface area contributed by atoms with E-state index in [9.17, 15) is 14.4 Å². The second kappa shape index (κ2) is 9.01. The molecule has 0 radical (unpaired) electrons. The van der Waals surface area contributed by atoms with Gasteiger partial charge in [-0.2, -0.15) is 0 Å². The summed E-state index contributed by atoms with van der Waals surface area (Å²) >= 11 is 0. The van der Waals surface area contributed by atoms with Crippen LogP contribution in [-0.2, 0) is 9.59 Å². The van der Waals surface area contributed by atoms with Gasteiger partial charge in [-0.3, -0.25) is 15.0 Å². The van der Waals surface area contributed by atoms with Crippen molar-refractivity contribution in [1.29, 1.82) is 5.41 Å². The summed E-state index contributed by atoms with van der Waals surface area (Å²) in [6.07, 6.45) is 2.32. The Bertz CT molecular complexity index is 927. The van der Waals surface area contributed by atoms with Gasteiger partial charge in [0.2, 0.25) is 0 Å². The Morgan fingerprint density at radius 1 is 1.21 bits per heavy atom. The Hall–Kier alpha value is -3.68. The lowest BCUT2D eigenvalue weighted by Crippen LogP contribution is -2.36. The number of aldehydes is 1. The number of amides is 2. The summed E-state index contributed by atoms with van der Waals surface area (Å²) < 4.78 is 5.43. The zero-order chi connectivity index (χ0) is 20.8. The Morgan fingerprint density at radius 3 is 2.66 bits per heavy atom. The minimum atomic E-state index is -0.363. The van der Waals surface area contributed by atoms with Crippen molar-refractivity contribution in [3.05, 3.63) is 59.7 Å².